The van der Waals surface area contributed by atoms with Gasteiger partial charge in [0, 0.05) is 11.7 Å². The van der Waals surface area contributed by atoms with Crippen molar-refractivity contribution in [1.29, 1.82) is 0 Å². The van der Waals surface area contributed by atoms with Crippen molar-refractivity contribution in [2.24, 2.45) is 0 Å². The lowest BCUT2D eigenvalue weighted by atomic mass is 9.97. The highest BCUT2D eigenvalue weighted by atomic mass is 19.1. The van der Waals surface area contributed by atoms with Crippen molar-refractivity contribution in [3.63, 3.8) is 0 Å². The summed E-state index contributed by atoms with van der Waals surface area (Å²) >= 11 is 0. The highest BCUT2D eigenvalue weighted by Crippen LogP contribution is 2.18. The number of halogens is 1. The summed E-state index contributed by atoms with van der Waals surface area (Å²) in [6.07, 6.45) is 2.00. The Bertz CT molecular complexity index is 308. The Morgan fingerprint density at radius 3 is 2.92 bits per heavy atom. The van der Waals surface area contributed by atoms with Gasteiger partial charge < -0.3 is 11.1 Å². The van der Waals surface area contributed by atoms with E-state index in [0.29, 0.717) is 11.7 Å². The van der Waals surface area contributed by atoms with Crippen LogP contribution in [-0.2, 0) is 6.42 Å². The molecule has 2 nitrogen and oxygen atoms in total. The number of hydrogen-bond donors (Lipinski definition) is 2. The largest absolute Gasteiger partial charge is 0.399 e. The van der Waals surface area contributed by atoms with E-state index in [0.717, 1.165) is 24.9 Å². The van der Waals surface area contributed by atoms with Crippen LogP contribution in [0.2, 0.25) is 0 Å². The summed E-state index contributed by atoms with van der Waals surface area (Å²) in [6, 6.07) is 5.04. The molecule has 1 atom stereocenters. The third kappa shape index (κ3) is 1.80. The zero-order valence-electron chi connectivity index (χ0n) is 7.39. The summed E-state index contributed by atoms with van der Waals surface area (Å²) in [7, 11) is 0. The predicted molar refractivity (Wildman–Crippen MR) is 50.9 cm³/mol. The Labute approximate surface area is 76.9 Å². The van der Waals surface area contributed by atoms with E-state index in [9.17, 15) is 4.39 Å². The molecule has 0 saturated carbocycles. The fourth-order valence-electron chi connectivity index (χ4n) is 1.54. The zero-order valence-corrected chi connectivity index (χ0v) is 7.39. The summed E-state index contributed by atoms with van der Waals surface area (Å²) in [5, 5.41) is 3.26. The normalized spacial score (nSPS) is 21.2. The van der Waals surface area contributed by atoms with Crippen LogP contribution in [-0.4, -0.2) is 12.6 Å². The fourth-order valence-corrected chi connectivity index (χ4v) is 1.54. The van der Waals surface area contributed by atoms with Crippen molar-refractivity contribution in [3.05, 3.63) is 29.6 Å². The summed E-state index contributed by atoms with van der Waals surface area (Å²) in [5.74, 6) is -0.205. The molecule has 0 bridgehead atoms. The predicted octanol–water partition coefficient (Wildman–Crippen LogP) is 1.31. The Balaban J connectivity index is 2.13. The standard InChI is InChI=1S/C10H13FN2/c11-8-1-2-10(12)7(5-8)6-9-3-4-13-9/h1-2,5,9,13H,3-4,6,12H2. The molecule has 1 aliphatic rings. The van der Waals surface area contributed by atoms with E-state index in [1.807, 2.05) is 0 Å². The van der Waals surface area contributed by atoms with Crippen molar-refractivity contribution in [3.8, 4) is 0 Å². The number of anilines is 1. The third-order valence-electron chi connectivity index (χ3n) is 2.50. The van der Waals surface area contributed by atoms with Crippen molar-refractivity contribution >= 4 is 5.69 Å². The van der Waals surface area contributed by atoms with E-state index in [-0.39, 0.29) is 5.82 Å². The second-order valence-electron chi connectivity index (χ2n) is 3.49. The molecule has 1 fully saturated rings. The molecule has 0 aromatic heterocycles. The first-order valence-electron chi connectivity index (χ1n) is 4.53. The number of nitrogens with one attached hydrogen (secondary N) is 1. The van der Waals surface area contributed by atoms with Gasteiger partial charge in [0.25, 0.3) is 0 Å². The molecule has 70 valence electrons. The van der Waals surface area contributed by atoms with Crippen LogP contribution in [0.1, 0.15) is 12.0 Å². The van der Waals surface area contributed by atoms with Crippen LogP contribution in [0.25, 0.3) is 0 Å². The van der Waals surface area contributed by atoms with Gasteiger partial charge in [0.2, 0.25) is 0 Å². The second kappa shape index (κ2) is 3.34. The van der Waals surface area contributed by atoms with Crippen molar-refractivity contribution in [2.45, 2.75) is 18.9 Å². The first-order chi connectivity index (χ1) is 6.25. The smallest absolute Gasteiger partial charge is 0.123 e. The molecule has 3 N–H and O–H groups in total. The van der Waals surface area contributed by atoms with Crippen LogP contribution in [0.3, 0.4) is 0 Å². The maximum absolute atomic E-state index is 12.8. The van der Waals surface area contributed by atoms with Gasteiger partial charge in [-0.15, -0.1) is 0 Å². The molecule has 13 heavy (non-hydrogen) atoms. The van der Waals surface area contributed by atoms with E-state index in [1.165, 1.54) is 12.1 Å². The minimum absolute atomic E-state index is 0.205. The van der Waals surface area contributed by atoms with Crippen LogP contribution in [0.5, 0.6) is 0 Å². The fraction of sp³-hybridized carbons (Fsp3) is 0.400. The van der Waals surface area contributed by atoms with Gasteiger partial charge in [-0.2, -0.15) is 0 Å². The molecule has 1 aromatic rings. The van der Waals surface area contributed by atoms with Gasteiger partial charge >= 0.3 is 0 Å². The SMILES string of the molecule is Nc1ccc(F)cc1CC1CCN1. The molecular weight excluding hydrogens is 167 g/mol. The number of benzene rings is 1. The second-order valence-corrected chi connectivity index (χ2v) is 3.49. The Morgan fingerprint density at radius 1 is 1.54 bits per heavy atom. The van der Waals surface area contributed by atoms with Gasteiger partial charge in [-0.05, 0) is 43.1 Å². The van der Waals surface area contributed by atoms with Crippen LogP contribution in [0.15, 0.2) is 18.2 Å². The van der Waals surface area contributed by atoms with Gasteiger partial charge in [0.05, 0.1) is 0 Å². The van der Waals surface area contributed by atoms with Gasteiger partial charge in [-0.1, -0.05) is 0 Å². The molecule has 2 rings (SSSR count). The molecule has 0 spiro atoms. The van der Waals surface area contributed by atoms with Crippen LogP contribution >= 0.6 is 0 Å². The van der Waals surface area contributed by atoms with Gasteiger partial charge in [-0.3, -0.25) is 0 Å². The lowest BCUT2D eigenvalue weighted by Gasteiger charge is -2.28. The van der Waals surface area contributed by atoms with Crippen molar-refractivity contribution in [1.82, 2.24) is 5.32 Å². The Hall–Kier alpha value is -1.09. The van der Waals surface area contributed by atoms with Crippen LogP contribution in [0, 0.1) is 5.82 Å². The van der Waals surface area contributed by atoms with E-state index in [1.54, 1.807) is 6.07 Å². The topological polar surface area (TPSA) is 38.0 Å². The molecule has 3 heteroatoms. The summed E-state index contributed by atoms with van der Waals surface area (Å²) in [4.78, 5) is 0. The minimum Gasteiger partial charge on any atom is -0.399 e. The lowest BCUT2D eigenvalue weighted by molar-refractivity contribution is 0.369. The van der Waals surface area contributed by atoms with Gasteiger partial charge in [0.1, 0.15) is 5.82 Å². The molecule has 1 unspecified atom stereocenters. The number of nitrogen functional groups attached to an aromatic ring is 1. The average Bonchev–Trinajstić information content (AvgIpc) is 2.03. The lowest BCUT2D eigenvalue weighted by Crippen LogP contribution is -2.44. The number of hydrogen-bond acceptors (Lipinski definition) is 2. The monoisotopic (exact) mass is 180 g/mol. The van der Waals surface area contributed by atoms with Gasteiger partial charge in [0.15, 0.2) is 0 Å². The quantitative estimate of drug-likeness (QED) is 0.673. The molecule has 1 aliphatic heterocycles. The molecule has 0 aliphatic carbocycles. The first-order valence-corrected chi connectivity index (χ1v) is 4.53. The van der Waals surface area contributed by atoms with Crippen LogP contribution in [0.4, 0.5) is 10.1 Å². The van der Waals surface area contributed by atoms with E-state index >= 15 is 0 Å². The van der Waals surface area contributed by atoms with E-state index in [4.69, 9.17) is 5.73 Å². The van der Waals surface area contributed by atoms with Crippen molar-refractivity contribution in [2.75, 3.05) is 12.3 Å². The van der Waals surface area contributed by atoms with Gasteiger partial charge in [-0.25, -0.2) is 4.39 Å². The highest BCUT2D eigenvalue weighted by molar-refractivity contribution is 5.47. The molecular formula is C10H13FN2. The molecule has 1 saturated heterocycles. The number of nitrogens with two attached hydrogens (primary N) is 1. The summed E-state index contributed by atoms with van der Waals surface area (Å²) < 4.78 is 12.8. The average molecular weight is 180 g/mol. The first kappa shape index (κ1) is 8.51. The zero-order chi connectivity index (χ0) is 9.26. The van der Waals surface area contributed by atoms with E-state index < -0.39 is 0 Å². The maximum atomic E-state index is 12.8. The highest BCUT2D eigenvalue weighted by Gasteiger charge is 2.17. The maximum Gasteiger partial charge on any atom is 0.123 e. The Kier molecular flexibility index (Phi) is 2.19. The minimum atomic E-state index is -0.205. The number of rotatable bonds is 2. The van der Waals surface area contributed by atoms with Crippen molar-refractivity contribution < 1.29 is 4.39 Å². The Morgan fingerprint density at radius 2 is 2.31 bits per heavy atom. The molecule has 1 aromatic carbocycles. The molecule has 0 amide bonds. The molecule has 1 heterocycles. The molecule has 0 radical (unpaired) electrons. The van der Waals surface area contributed by atoms with Crippen LogP contribution < -0.4 is 11.1 Å². The van der Waals surface area contributed by atoms with E-state index in [2.05, 4.69) is 5.32 Å². The summed E-state index contributed by atoms with van der Waals surface area (Å²) in [6.45, 7) is 1.07. The third-order valence-corrected chi connectivity index (χ3v) is 2.50. The summed E-state index contributed by atoms with van der Waals surface area (Å²) in [5.41, 5.74) is 7.33.